The van der Waals surface area contributed by atoms with Crippen molar-refractivity contribution in [1.82, 2.24) is 14.6 Å². The van der Waals surface area contributed by atoms with Crippen LogP contribution in [0.15, 0.2) is 27.6 Å². The molecule has 1 aliphatic rings. The van der Waals surface area contributed by atoms with Gasteiger partial charge in [0.2, 0.25) is 5.91 Å². The van der Waals surface area contributed by atoms with Crippen LogP contribution in [0.25, 0.3) is 0 Å². The van der Waals surface area contributed by atoms with Crippen LogP contribution < -0.4 is 10.3 Å². The van der Waals surface area contributed by atoms with Crippen LogP contribution in [0.3, 0.4) is 0 Å². The number of rotatable bonds is 4. The van der Waals surface area contributed by atoms with Crippen LogP contribution in [0.4, 0.5) is 0 Å². The Morgan fingerprint density at radius 1 is 1.46 bits per heavy atom. The highest BCUT2D eigenvalue weighted by molar-refractivity contribution is 5.77. The van der Waals surface area contributed by atoms with Crippen LogP contribution in [0.1, 0.15) is 35.9 Å². The number of aromatic nitrogens is 2. The van der Waals surface area contributed by atoms with Crippen LogP contribution >= 0.6 is 0 Å². The summed E-state index contributed by atoms with van der Waals surface area (Å²) in [6.45, 7) is 4.42. The van der Waals surface area contributed by atoms with Gasteiger partial charge in [0.25, 0.3) is 5.56 Å². The summed E-state index contributed by atoms with van der Waals surface area (Å²) in [4.78, 5) is 26.8. The van der Waals surface area contributed by atoms with Crippen LogP contribution in [-0.4, -0.2) is 34.2 Å². The first-order valence-corrected chi connectivity index (χ1v) is 7.98. The lowest BCUT2D eigenvalue weighted by atomic mass is 10.0. The molecule has 1 fully saturated rings. The van der Waals surface area contributed by atoms with Gasteiger partial charge in [0.15, 0.2) is 5.75 Å². The number of carbonyl (C=O) groups excluding carboxylic acids is 1. The molecule has 0 aromatic carbocycles. The number of ether oxygens (including phenoxy) is 1. The number of aryl methyl sites for hydroxylation is 2. The van der Waals surface area contributed by atoms with Gasteiger partial charge >= 0.3 is 0 Å². The average Bonchev–Trinajstić information content (AvgIpc) is 3.16. The highest BCUT2D eigenvalue weighted by Crippen LogP contribution is 2.35. The van der Waals surface area contributed by atoms with E-state index in [0.29, 0.717) is 6.54 Å². The highest BCUT2D eigenvalue weighted by atomic mass is 16.5. The van der Waals surface area contributed by atoms with Crippen molar-refractivity contribution < 1.29 is 14.1 Å². The lowest BCUT2D eigenvalue weighted by molar-refractivity contribution is -0.132. The molecule has 0 N–H and O–H groups in total. The van der Waals surface area contributed by atoms with Crippen molar-refractivity contribution in [1.29, 1.82) is 0 Å². The summed E-state index contributed by atoms with van der Waals surface area (Å²) < 4.78 is 11.6. The Morgan fingerprint density at radius 3 is 2.92 bits per heavy atom. The summed E-state index contributed by atoms with van der Waals surface area (Å²) in [5, 5.41) is 3.99. The smallest absolute Gasteiger partial charge is 0.293 e. The van der Waals surface area contributed by atoms with Crippen molar-refractivity contribution >= 4 is 5.91 Å². The average molecular weight is 331 g/mol. The predicted molar refractivity (Wildman–Crippen MR) is 86.9 cm³/mol. The number of hydrogen-bond donors (Lipinski definition) is 0. The molecule has 7 heteroatoms. The maximum Gasteiger partial charge on any atom is 0.293 e. The number of carbonyl (C=O) groups is 1. The molecular formula is C17H21N3O4. The summed E-state index contributed by atoms with van der Waals surface area (Å²) in [6, 6.07) is 3.25. The fourth-order valence-electron chi connectivity index (χ4n) is 3.36. The number of methoxy groups -OCH3 is 1. The molecule has 0 aliphatic carbocycles. The zero-order valence-electron chi connectivity index (χ0n) is 14.1. The minimum atomic E-state index is -0.304. The Kier molecular flexibility index (Phi) is 4.42. The Hall–Kier alpha value is -2.57. The number of likely N-dealkylation sites (tertiary alicyclic amines) is 1. The van der Waals surface area contributed by atoms with Gasteiger partial charge in [-0.3, -0.25) is 9.59 Å². The molecule has 1 amide bonds. The van der Waals surface area contributed by atoms with Gasteiger partial charge in [-0.1, -0.05) is 5.16 Å². The molecule has 7 nitrogen and oxygen atoms in total. The van der Waals surface area contributed by atoms with Gasteiger partial charge < -0.3 is 18.7 Å². The maximum absolute atomic E-state index is 12.8. The van der Waals surface area contributed by atoms with Crippen LogP contribution in [-0.2, 0) is 11.3 Å². The van der Waals surface area contributed by atoms with Gasteiger partial charge in [0.1, 0.15) is 12.3 Å². The van der Waals surface area contributed by atoms with Gasteiger partial charge in [0, 0.05) is 18.3 Å². The van der Waals surface area contributed by atoms with Crippen molar-refractivity contribution in [2.75, 3.05) is 13.7 Å². The third-order valence-corrected chi connectivity index (χ3v) is 4.51. The Bertz CT molecular complexity index is 789. The molecule has 0 bridgehead atoms. The minimum absolute atomic E-state index is 0.00406. The van der Waals surface area contributed by atoms with E-state index in [1.807, 2.05) is 18.7 Å². The lowest BCUT2D eigenvalue weighted by Gasteiger charge is -2.25. The number of hydrogen-bond acceptors (Lipinski definition) is 5. The highest BCUT2D eigenvalue weighted by Gasteiger charge is 2.33. The van der Waals surface area contributed by atoms with Crippen molar-refractivity contribution in [3.8, 4) is 5.75 Å². The molecule has 3 rings (SSSR count). The van der Waals surface area contributed by atoms with Gasteiger partial charge in [-0.25, -0.2) is 0 Å². The molecule has 1 unspecified atom stereocenters. The second-order valence-corrected chi connectivity index (χ2v) is 5.99. The second-order valence-electron chi connectivity index (χ2n) is 5.99. The molecule has 1 saturated heterocycles. The molecule has 0 saturated carbocycles. The summed E-state index contributed by atoms with van der Waals surface area (Å²) in [7, 11) is 1.44. The fraction of sp³-hybridized carbons (Fsp3) is 0.471. The largest absolute Gasteiger partial charge is 0.491 e. The fourth-order valence-corrected chi connectivity index (χ4v) is 3.36. The summed E-state index contributed by atoms with van der Waals surface area (Å²) in [5.74, 6) is 0.887. The minimum Gasteiger partial charge on any atom is -0.491 e. The third kappa shape index (κ3) is 2.81. The molecule has 0 spiro atoms. The van der Waals surface area contributed by atoms with Crippen molar-refractivity contribution in [3.05, 3.63) is 45.7 Å². The van der Waals surface area contributed by atoms with Crippen LogP contribution in [0.2, 0.25) is 0 Å². The normalized spacial score (nSPS) is 17.3. The molecule has 1 atom stereocenters. The van der Waals surface area contributed by atoms with E-state index in [9.17, 15) is 9.59 Å². The molecule has 2 aromatic heterocycles. The first-order valence-electron chi connectivity index (χ1n) is 7.98. The van der Waals surface area contributed by atoms with Gasteiger partial charge in [-0.05, 0) is 38.8 Å². The van der Waals surface area contributed by atoms with E-state index in [-0.39, 0.29) is 29.8 Å². The Morgan fingerprint density at radius 2 is 2.25 bits per heavy atom. The van der Waals surface area contributed by atoms with E-state index in [2.05, 4.69) is 5.16 Å². The first kappa shape index (κ1) is 16.3. The molecular weight excluding hydrogens is 310 g/mol. The quantitative estimate of drug-likeness (QED) is 0.854. The standard InChI is InChI=1S/C17H21N3O4/c1-11-16(12(2)24-18-11)13-6-4-9-20(13)15(21)10-19-8-5-7-14(23-3)17(19)22/h5,7-8,13H,4,6,9-10H2,1-3H3. The maximum atomic E-state index is 12.8. The third-order valence-electron chi connectivity index (χ3n) is 4.51. The Balaban J connectivity index is 1.83. The van der Waals surface area contributed by atoms with Gasteiger partial charge in [-0.2, -0.15) is 0 Å². The number of nitrogens with zero attached hydrogens (tertiary/aromatic N) is 3. The molecule has 1 aliphatic heterocycles. The van der Waals surface area contributed by atoms with Crippen LogP contribution in [0, 0.1) is 13.8 Å². The second kappa shape index (κ2) is 6.51. The van der Waals surface area contributed by atoms with E-state index in [4.69, 9.17) is 9.26 Å². The lowest BCUT2D eigenvalue weighted by Crippen LogP contribution is -2.36. The van der Waals surface area contributed by atoms with Crippen molar-refractivity contribution in [2.24, 2.45) is 0 Å². The summed E-state index contributed by atoms with van der Waals surface area (Å²) >= 11 is 0. The number of amides is 1. The zero-order valence-corrected chi connectivity index (χ0v) is 14.1. The molecule has 128 valence electrons. The van der Waals surface area contributed by atoms with Crippen LogP contribution in [0.5, 0.6) is 5.75 Å². The van der Waals surface area contributed by atoms with E-state index in [1.165, 1.54) is 11.7 Å². The molecule has 0 radical (unpaired) electrons. The summed E-state index contributed by atoms with van der Waals surface area (Å²) in [6.07, 6.45) is 3.40. The van der Waals surface area contributed by atoms with E-state index >= 15 is 0 Å². The van der Waals surface area contributed by atoms with Gasteiger partial charge in [0.05, 0.1) is 18.8 Å². The van der Waals surface area contributed by atoms with Crippen molar-refractivity contribution in [3.63, 3.8) is 0 Å². The van der Waals surface area contributed by atoms with E-state index < -0.39 is 0 Å². The molecule has 24 heavy (non-hydrogen) atoms. The zero-order chi connectivity index (χ0) is 17.3. The predicted octanol–water partition coefficient (Wildman–Crippen LogP) is 1.83. The van der Waals surface area contributed by atoms with Crippen molar-refractivity contribution in [2.45, 2.75) is 39.3 Å². The monoisotopic (exact) mass is 331 g/mol. The molecule has 2 aromatic rings. The van der Waals surface area contributed by atoms with E-state index in [0.717, 1.165) is 29.9 Å². The first-order chi connectivity index (χ1) is 11.5. The Labute approximate surface area is 139 Å². The van der Waals surface area contributed by atoms with Gasteiger partial charge in [-0.15, -0.1) is 0 Å². The molecule has 3 heterocycles. The van der Waals surface area contributed by atoms with E-state index in [1.54, 1.807) is 18.3 Å². The SMILES string of the molecule is COc1cccn(CC(=O)N2CCCC2c2c(C)noc2C)c1=O. The summed E-state index contributed by atoms with van der Waals surface area (Å²) in [5.41, 5.74) is 1.50. The topological polar surface area (TPSA) is 77.6 Å². The number of pyridine rings is 1.